The Kier molecular flexibility index (Phi) is 6.79. The summed E-state index contributed by atoms with van der Waals surface area (Å²) in [5.74, 6) is -2.00. The molecule has 6 nitrogen and oxygen atoms in total. The van der Waals surface area contributed by atoms with Crippen molar-refractivity contribution in [3.8, 4) is 0 Å². The van der Waals surface area contributed by atoms with Crippen LogP contribution in [0, 0.1) is 0 Å². The van der Waals surface area contributed by atoms with Crippen molar-refractivity contribution in [2.45, 2.75) is 13.0 Å². The van der Waals surface area contributed by atoms with Gasteiger partial charge in [-0.2, -0.15) is 0 Å². The minimum atomic E-state index is -1.09. The number of hydrogen-bond acceptors (Lipinski definition) is 5. The number of primary amides is 1. The summed E-state index contributed by atoms with van der Waals surface area (Å²) >= 11 is 13.1. The molecule has 136 valence electrons. The van der Waals surface area contributed by atoms with Gasteiger partial charge in [0.05, 0.1) is 5.56 Å². The fraction of sp³-hybridized carbons (Fsp3) is 0.118. The maximum absolute atomic E-state index is 12.1. The molecule has 1 aromatic heterocycles. The quantitative estimate of drug-likeness (QED) is 0.557. The lowest BCUT2D eigenvalue weighted by molar-refractivity contribution is -0.148. The van der Waals surface area contributed by atoms with Crippen LogP contribution >= 0.6 is 34.5 Å². The van der Waals surface area contributed by atoms with Crippen LogP contribution in [0.15, 0.2) is 35.7 Å². The van der Waals surface area contributed by atoms with Crippen molar-refractivity contribution in [2.75, 3.05) is 5.32 Å². The van der Waals surface area contributed by atoms with Gasteiger partial charge in [-0.3, -0.25) is 9.59 Å². The van der Waals surface area contributed by atoms with Crippen molar-refractivity contribution in [3.63, 3.8) is 0 Å². The van der Waals surface area contributed by atoms with Gasteiger partial charge in [0, 0.05) is 21.7 Å². The lowest BCUT2D eigenvalue weighted by atomic mass is 10.2. The van der Waals surface area contributed by atoms with Gasteiger partial charge in [0.1, 0.15) is 5.00 Å². The molecule has 2 aromatic rings. The second kappa shape index (κ2) is 8.84. The third-order valence-electron chi connectivity index (χ3n) is 3.22. The number of anilines is 1. The molecule has 0 aliphatic carbocycles. The fourth-order valence-corrected chi connectivity index (χ4v) is 3.22. The average molecular weight is 413 g/mol. The van der Waals surface area contributed by atoms with Gasteiger partial charge in [-0.05, 0) is 36.6 Å². The van der Waals surface area contributed by atoms with Crippen LogP contribution in [0.1, 0.15) is 22.8 Å². The molecule has 3 N–H and O–H groups in total. The zero-order valence-corrected chi connectivity index (χ0v) is 15.8. The van der Waals surface area contributed by atoms with E-state index in [1.165, 1.54) is 19.1 Å². The molecule has 0 aliphatic rings. The fourth-order valence-electron chi connectivity index (χ4n) is 1.90. The standard InChI is InChI=1S/C17H14Cl2N2O4S/c1-9(16(24)21-17-11(15(20)23)7-8-26-17)25-14(22)6-5-10-12(18)3-2-4-13(10)19/h2-9H,1H3,(H2,20,23)(H,21,24)/b6-5+/t9-/m0/s1. The second-order valence-electron chi connectivity index (χ2n) is 5.06. The van der Waals surface area contributed by atoms with Crippen LogP contribution in [0.3, 0.4) is 0 Å². The molecular weight excluding hydrogens is 399 g/mol. The summed E-state index contributed by atoms with van der Waals surface area (Å²) in [6.45, 7) is 1.40. The van der Waals surface area contributed by atoms with Crippen molar-refractivity contribution in [1.82, 2.24) is 0 Å². The predicted molar refractivity (Wildman–Crippen MR) is 103 cm³/mol. The normalized spacial score (nSPS) is 12.0. The Morgan fingerprint density at radius 3 is 2.50 bits per heavy atom. The van der Waals surface area contributed by atoms with Gasteiger partial charge < -0.3 is 15.8 Å². The molecule has 0 fully saturated rings. The van der Waals surface area contributed by atoms with Crippen LogP contribution in [-0.2, 0) is 14.3 Å². The van der Waals surface area contributed by atoms with Crippen molar-refractivity contribution in [3.05, 3.63) is 56.9 Å². The van der Waals surface area contributed by atoms with Crippen LogP contribution in [0.5, 0.6) is 0 Å². The molecule has 0 saturated heterocycles. The van der Waals surface area contributed by atoms with Gasteiger partial charge in [-0.15, -0.1) is 11.3 Å². The number of amides is 2. The van der Waals surface area contributed by atoms with E-state index in [2.05, 4.69) is 5.32 Å². The number of benzene rings is 1. The molecule has 0 bridgehead atoms. The minimum absolute atomic E-state index is 0.190. The summed E-state index contributed by atoms with van der Waals surface area (Å²) < 4.78 is 5.03. The number of rotatable bonds is 6. The Morgan fingerprint density at radius 2 is 1.88 bits per heavy atom. The van der Waals surface area contributed by atoms with Crippen LogP contribution in [0.2, 0.25) is 10.0 Å². The first-order valence-electron chi connectivity index (χ1n) is 7.30. The number of ether oxygens (including phenoxy) is 1. The lowest BCUT2D eigenvalue weighted by Gasteiger charge is -2.12. The number of carbonyl (C=O) groups is 3. The monoisotopic (exact) mass is 412 g/mol. The van der Waals surface area contributed by atoms with Crippen LogP contribution in [0.4, 0.5) is 5.00 Å². The molecule has 1 aromatic carbocycles. The van der Waals surface area contributed by atoms with E-state index >= 15 is 0 Å². The van der Waals surface area contributed by atoms with Gasteiger partial charge in [-0.1, -0.05) is 29.3 Å². The Labute approximate surface area is 163 Å². The summed E-state index contributed by atoms with van der Waals surface area (Å²) in [4.78, 5) is 35.2. The molecule has 26 heavy (non-hydrogen) atoms. The molecule has 0 aliphatic heterocycles. The number of thiophene rings is 1. The average Bonchev–Trinajstić information content (AvgIpc) is 3.02. The Bertz CT molecular complexity index is 859. The van der Waals surface area contributed by atoms with Crippen molar-refractivity contribution >= 4 is 63.4 Å². The first-order chi connectivity index (χ1) is 12.3. The van der Waals surface area contributed by atoms with Gasteiger partial charge >= 0.3 is 5.97 Å². The van der Waals surface area contributed by atoms with E-state index in [-0.39, 0.29) is 5.56 Å². The molecule has 0 spiro atoms. The van der Waals surface area contributed by atoms with Crippen molar-refractivity contribution in [1.29, 1.82) is 0 Å². The lowest BCUT2D eigenvalue weighted by Crippen LogP contribution is -2.29. The zero-order valence-electron chi connectivity index (χ0n) is 13.5. The second-order valence-corrected chi connectivity index (χ2v) is 6.80. The summed E-state index contributed by atoms with van der Waals surface area (Å²) in [5.41, 5.74) is 5.87. The molecule has 0 radical (unpaired) electrons. The van der Waals surface area contributed by atoms with Gasteiger partial charge in [-0.25, -0.2) is 4.79 Å². The van der Waals surface area contributed by atoms with Gasteiger partial charge in [0.15, 0.2) is 6.10 Å². The van der Waals surface area contributed by atoms with Crippen molar-refractivity contribution < 1.29 is 19.1 Å². The zero-order chi connectivity index (χ0) is 19.3. The molecule has 2 rings (SSSR count). The first kappa shape index (κ1) is 20.0. The third-order valence-corrected chi connectivity index (χ3v) is 4.70. The van der Waals surface area contributed by atoms with Gasteiger partial charge in [0.25, 0.3) is 11.8 Å². The van der Waals surface area contributed by atoms with Crippen molar-refractivity contribution in [2.24, 2.45) is 5.73 Å². The summed E-state index contributed by atoms with van der Waals surface area (Å²) in [6.07, 6.45) is 1.44. The van der Waals surface area contributed by atoms with E-state index in [4.69, 9.17) is 33.7 Å². The van der Waals surface area contributed by atoms with E-state index < -0.39 is 23.9 Å². The van der Waals surface area contributed by atoms with Crippen LogP contribution < -0.4 is 11.1 Å². The van der Waals surface area contributed by atoms with E-state index in [1.54, 1.807) is 23.6 Å². The number of nitrogens with one attached hydrogen (secondary N) is 1. The van der Waals surface area contributed by atoms with Gasteiger partial charge in [0.2, 0.25) is 0 Å². The maximum atomic E-state index is 12.1. The van der Waals surface area contributed by atoms with Crippen LogP contribution in [0.25, 0.3) is 6.08 Å². The summed E-state index contributed by atoms with van der Waals surface area (Å²) in [7, 11) is 0. The highest BCUT2D eigenvalue weighted by atomic mass is 35.5. The summed E-state index contributed by atoms with van der Waals surface area (Å²) in [5, 5.41) is 5.17. The number of halogens is 2. The number of carbonyl (C=O) groups excluding carboxylic acids is 3. The minimum Gasteiger partial charge on any atom is -0.449 e. The smallest absolute Gasteiger partial charge is 0.331 e. The number of esters is 1. The van der Waals surface area contributed by atoms with E-state index in [1.807, 2.05) is 0 Å². The maximum Gasteiger partial charge on any atom is 0.331 e. The highest BCUT2D eigenvalue weighted by Gasteiger charge is 2.19. The molecule has 2 amide bonds. The van der Waals surface area contributed by atoms with E-state index in [0.717, 1.165) is 17.4 Å². The van der Waals surface area contributed by atoms with Crippen LogP contribution in [-0.4, -0.2) is 23.9 Å². The molecule has 1 heterocycles. The Hall–Kier alpha value is -2.35. The molecular formula is C17H14Cl2N2O4S. The van der Waals surface area contributed by atoms with E-state index in [9.17, 15) is 14.4 Å². The number of nitrogens with two attached hydrogens (primary N) is 1. The molecule has 0 unspecified atom stereocenters. The third kappa shape index (κ3) is 5.08. The highest BCUT2D eigenvalue weighted by Crippen LogP contribution is 2.25. The molecule has 0 saturated carbocycles. The number of hydrogen-bond donors (Lipinski definition) is 2. The Morgan fingerprint density at radius 1 is 1.23 bits per heavy atom. The molecule has 1 atom stereocenters. The first-order valence-corrected chi connectivity index (χ1v) is 8.94. The largest absolute Gasteiger partial charge is 0.449 e. The Balaban J connectivity index is 1.98. The SMILES string of the molecule is C[C@H](OC(=O)/C=C/c1c(Cl)cccc1Cl)C(=O)Nc1sccc1C(N)=O. The summed E-state index contributed by atoms with van der Waals surface area (Å²) in [6, 6.07) is 6.44. The predicted octanol–water partition coefficient (Wildman–Crippen LogP) is 3.74. The van der Waals surface area contributed by atoms with E-state index in [0.29, 0.717) is 20.6 Å². The topological polar surface area (TPSA) is 98.5 Å². The molecule has 9 heteroatoms. The highest BCUT2D eigenvalue weighted by molar-refractivity contribution is 7.14.